The molecule has 0 radical (unpaired) electrons. The molecule has 0 heterocycles. The Morgan fingerprint density at radius 1 is 0.731 bits per heavy atom. The summed E-state index contributed by atoms with van der Waals surface area (Å²) in [5, 5.41) is 22.7. The lowest BCUT2D eigenvalue weighted by Gasteiger charge is -2.09. The Hall–Kier alpha value is -2.87. The van der Waals surface area contributed by atoms with Crippen molar-refractivity contribution in [2.24, 2.45) is 0 Å². The van der Waals surface area contributed by atoms with E-state index in [1.807, 2.05) is 0 Å². The number of nitro benzene ring substituents is 2. The second-order valence-corrected chi connectivity index (χ2v) is 6.92. The highest BCUT2D eigenvalue weighted by Gasteiger charge is 2.39. The van der Waals surface area contributed by atoms with Crippen molar-refractivity contribution in [2.75, 3.05) is 0 Å². The molecule has 0 spiro atoms. The quantitative estimate of drug-likeness (QED) is 0.355. The van der Waals surface area contributed by atoms with Gasteiger partial charge in [0.25, 0.3) is 11.4 Å². The third-order valence-corrected chi connectivity index (χ3v) is 4.94. The Bertz CT molecular complexity index is 996. The molecule has 0 saturated carbocycles. The topological polar surface area (TPSA) is 184 Å². The monoisotopic (exact) mass is 396 g/mol. The average molecular weight is 396 g/mol. The normalized spacial score (nSPS) is 14.5. The molecule has 26 heavy (non-hydrogen) atoms. The molecule has 2 aromatic rings. The Morgan fingerprint density at radius 3 is 1.35 bits per heavy atom. The van der Waals surface area contributed by atoms with Gasteiger partial charge in [0.1, 0.15) is 0 Å². The Morgan fingerprint density at radius 2 is 1.08 bits per heavy atom. The predicted molar refractivity (Wildman–Crippen MR) is 83.0 cm³/mol. The summed E-state index contributed by atoms with van der Waals surface area (Å²) >= 11 is -5.79. The second kappa shape index (κ2) is 6.14. The van der Waals surface area contributed by atoms with Crippen molar-refractivity contribution in [3.8, 4) is 11.1 Å². The fraction of sp³-hybridized carbons (Fsp3) is 0. The number of ketones is 1. The number of benzene rings is 2. The minimum absolute atomic E-state index is 0.417. The predicted octanol–water partition coefficient (Wildman–Crippen LogP) is 1.19. The van der Waals surface area contributed by atoms with Gasteiger partial charge in [-0.2, -0.15) is 0 Å². The van der Waals surface area contributed by atoms with Crippen LogP contribution in [0.1, 0.15) is 15.9 Å². The van der Waals surface area contributed by atoms with E-state index in [4.69, 9.17) is 0 Å². The number of hydrogen-bond acceptors (Lipinski definition) is 9. The van der Waals surface area contributed by atoms with Gasteiger partial charge in [-0.05, 0) is 34.3 Å². The van der Waals surface area contributed by atoms with E-state index in [0.717, 1.165) is 12.1 Å². The summed E-state index contributed by atoms with van der Waals surface area (Å²) < 4.78 is 44.6. The molecule has 0 bridgehead atoms. The van der Waals surface area contributed by atoms with Crippen LogP contribution in [0, 0.1) is 20.2 Å². The average Bonchev–Trinajstić information content (AvgIpc) is 2.85. The van der Waals surface area contributed by atoms with Crippen LogP contribution >= 0.6 is 0 Å². The van der Waals surface area contributed by atoms with E-state index in [9.17, 15) is 42.5 Å². The number of fused-ring (bicyclic) bond motifs is 3. The molecule has 0 aromatic heterocycles. The van der Waals surface area contributed by atoms with Gasteiger partial charge < -0.3 is 9.11 Å². The van der Waals surface area contributed by atoms with Gasteiger partial charge in [0, 0.05) is 33.1 Å². The first kappa shape index (κ1) is 17.9. The van der Waals surface area contributed by atoms with Gasteiger partial charge in [0.05, 0.1) is 21.0 Å². The third-order valence-electron chi connectivity index (χ3n) is 3.70. The summed E-state index contributed by atoms with van der Waals surface area (Å²) in [5.74, 6) is -0.944. The molecule has 134 valence electrons. The van der Waals surface area contributed by atoms with Crippen LogP contribution in [0.3, 0.4) is 0 Å². The fourth-order valence-corrected chi connectivity index (χ4v) is 3.55. The Balaban J connectivity index is 2.48. The molecule has 1 aliphatic rings. The maximum Gasteiger partial charge on any atom is 0.279 e. The Labute approximate surface area is 148 Å². The maximum absolute atomic E-state index is 12.5. The van der Waals surface area contributed by atoms with Crippen LogP contribution in [0.2, 0.25) is 0 Å². The number of nitrogens with zero attached hydrogens (tertiary/aromatic N) is 2. The molecule has 0 amide bonds. The van der Waals surface area contributed by atoms with Gasteiger partial charge in [-0.1, -0.05) is 0 Å². The minimum Gasteiger partial charge on any atom is -0.768 e. The van der Waals surface area contributed by atoms with Crippen LogP contribution in [0.4, 0.5) is 11.4 Å². The van der Waals surface area contributed by atoms with E-state index >= 15 is 0 Å². The first-order chi connectivity index (χ1) is 12.1. The van der Waals surface area contributed by atoms with E-state index in [1.165, 1.54) is 0 Å². The lowest BCUT2D eigenvalue weighted by atomic mass is 10.0. The van der Waals surface area contributed by atoms with Crippen molar-refractivity contribution in [2.45, 2.75) is 9.79 Å². The van der Waals surface area contributed by atoms with Crippen molar-refractivity contribution in [3.05, 3.63) is 55.6 Å². The van der Waals surface area contributed by atoms with Gasteiger partial charge in [-0.15, -0.1) is 0 Å². The molecule has 11 nitrogen and oxygen atoms in total. The Kier molecular flexibility index (Phi) is 4.23. The van der Waals surface area contributed by atoms with Crippen molar-refractivity contribution < 1.29 is 32.2 Å². The smallest absolute Gasteiger partial charge is 0.279 e. The zero-order valence-electron chi connectivity index (χ0n) is 12.2. The number of rotatable bonds is 4. The second-order valence-electron chi connectivity index (χ2n) is 5.04. The number of hydrogen-bond donors (Lipinski definition) is 0. The van der Waals surface area contributed by atoms with Crippen molar-refractivity contribution >= 4 is 39.3 Å². The van der Waals surface area contributed by atoms with Crippen LogP contribution < -0.4 is 0 Å². The lowest BCUT2D eigenvalue weighted by Crippen LogP contribution is -2.01. The standard InChI is InChI=1S/C13H6N2O9S2/c16-13-7-1-5(25(21)22)3-9(14(17)18)11(7)12-8(13)2-6(26(23)24)4-10(12)15(19)20/h1-4H,(H,21,22)(H,23,24)/p-2. The molecule has 13 heteroatoms. The van der Waals surface area contributed by atoms with E-state index < -0.39 is 81.2 Å². The number of nitro groups is 2. The molecule has 0 saturated heterocycles. The fourth-order valence-electron chi connectivity index (χ4n) is 2.71. The third kappa shape index (κ3) is 2.62. The van der Waals surface area contributed by atoms with Gasteiger partial charge in [0.15, 0.2) is 5.78 Å². The van der Waals surface area contributed by atoms with Gasteiger partial charge in [-0.25, -0.2) is 0 Å². The summed E-state index contributed by atoms with van der Waals surface area (Å²) in [7, 11) is 0. The molecule has 0 aliphatic heterocycles. The maximum atomic E-state index is 12.5. The van der Waals surface area contributed by atoms with Gasteiger partial charge >= 0.3 is 0 Å². The highest BCUT2D eigenvalue weighted by Crippen LogP contribution is 2.48. The van der Waals surface area contributed by atoms with E-state index in [1.54, 1.807) is 0 Å². The highest BCUT2D eigenvalue weighted by molar-refractivity contribution is 7.79. The number of carbonyl (C=O) groups is 1. The molecule has 0 N–H and O–H groups in total. The largest absolute Gasteiger partial charge is 0.768 e. The summed E-state index contributed by atoms with van der Waals surface area (Å²) in [6.45, 7) is 0. The van der Waals surface area contributed by atoms with Crippen LogP contribution in [-0.4, -0.2) is 33.2 Å². The molecular weight excluding hydrogens is 392 g/mol. The lowest BCUT2D eigenvalue weighted by molar-refractivity contribution is -0.386. The summed E-state index contributed by atoms with van der Waals surface area (Å²) in [6.07, 6.45) is 0. The van der Waals surface area contributed by atoms with Crippen LogP contribution in [0.15, 0.2) is 34.1 Å². The molecule has 2 aromatic carbocycles. The molecule has 0 fully saturated rings. The van der Waals surface area contributed by atoms with Crippen LogP contribution in [0.25, 0.3) is 11.1 Å². The molecular formula is C13H4N2O9S2-2. The van der Waals surface area contributed by atoms with E-state index in [0.29, 0.717) is 12.1 Å². The highest BCUT2D eigenvalue weighted by atomic mass is 32.2. The summed E-state index contributed by atoms with van der Waals surface area (Å²) in [4.78, 5) is 32.2. The van der Waals surface area contributed by atoms with Crippen molar-refractivity contribution in [1.82, 2.24) is 0 Å². The molecule has 3 rings (SSSR count). The first-order valence-electron chi connectivity index (χ1n) is 6.52. The molecule has 2 unspecified atom stereocenters. The summed E-state index contributed by atoms with van der Waals surface area (Å²) in [5.41, 5.74) is -3.31. The van der Waals surface area contributed by atoms with E-state index in [2.05, 4.69) is 0 Å². The zero-order valence-corrected chi connectivity index (χ0v) is 13.8. The number of carbonyl (C=O) groups excluding carboxylic acids is 1. The first-order valence-corrected chi connectivity index (χ1v) is 8.67. The van der Waals surface area contributed by atoms with Crippen LogP contribution in [0.5, 0.6) is 0 Å². The van der Waals surface area contributed by atoms with Gasteiger partial charge in [-0.3, -0.25) is 33.4 Å². The molecule has 2 atom stereocenters. The van der Waals surface area contributed by atoms with Crippen molar-refractivity contribution in [1.29, 1.82) is 0 Å². The zero-order chi connectivity index (χ0) is 19.3. The van der Waals surface area contributed by atoms with Gasteiger partial charge in [0.2, 0.25) is 0 Å². The molecule has 1 aliphatic carbocycles. The minimum atomic E-state index is -2.89. The van der Waals surface area contributed by atoms with E-state index in [-0.39, 0.29) is 0 Å². The van der Waals surface area contributed by atoms with Crippen LogP contribution in [-0.2, 0) is 22.2 Å². The summed E-state index contributed by atoms with van der Waals surface area (Å²) in [6, 6.07) is 3.05. The SMILES string of the molecule is O=C1c2cc(S(=O)[O-])cc([N+](=O)[O-])c2-c2c1cc(S(=O)[O-])cc2[N+](=O)[O-]. The van der Waals surface area contributed by atoms with Crippen molar-refractivity contribution in [3.63, 3.8) is 0 Å².